The highest BCUT2D eigenvalue weighted by Gasteiger charge is 2.43. The molecule has 1 aliphatic carbocycles. The quantitative estimate of drug-likeness (QED) is 0.918. The van der Waals surface area contributed by atoms with E-state index in [0.29, 0.717) is 11.8 Å². The van der Waals surface area contributed by atoms with E-state index in [1.54, 1.807) is 19.2 Å². The largest absolute Gasteiger partial charge is 0.497 e. The Balaban J connectivity index is 1.59. The summed E-state index contributed by atoms with van der Waals surface area (Å²) < 4.78 is 10.6. The monoisotopic (exact) mass is 326 g/mol. The molecule has 24 heavy (non-hydrogen) atoms. The molecule has 0 unspecified atom stereocenters. The SMILES string of the molecule is COc1cccc([C@@H]2[C@@H](NC(=O)c3ccco3)CCN2C2CC2)c1. The molecule has 2 fully saturated rings. The van der Waals surface area contributed by atoms with Crippen molar-refractivity contribution in [2.45, 2.75) is 37.4 Å². The highest BCUT2D eigenvalue weighted by Crippen LogP contribution is 2.41. The lowest BCUT2D eigenvalue weighted by molar-refractivity contribution is 0.0895. The first-order chi connectivity index (χ1) is 11.8. The summed E-state index contributed by atoms with van der Waals surface area (Å²) in [6.45, 7) is 1.01. The number of amides is 1. The van der Waals surface area contributed by atoms with Gasteiger partial charge in [0, 0.05) is 12.6 Å². The normalized spacial score (nSPS) is 24.0. The van der Waals surface area contributed by atoms with E-state index in [2.05, 4.69) is 22.3 Å². The Morgan fingerprint density at radius 3 is 2.83 bits per heavy atom. The molecule has 1 N–H and O–H groups in total. The summed E-state index contributed by atoms with van der Waals surface area (Å²) in [6, 6.07) is 12.5. The van der Waals surface area contributed by atoms with Crippen LogP contribution < -0.4 is 10.1 Å². The Morgan fingerprint density at radius 2 is 2.12 bits per heavy atom. The van der Waals surface area contributed by atoms with E-state index in [4.69, 9.17) is 9.15 Å². The van der Waals surface area contributed by atoms with Crippen molar-refractivity contribution in [3.8, 4) is 5.75 Å². The standard InChI is InChI=1S/C19H22N2O3/c1-23-15-5-2-4-13(12-15)18-16(9-10-21(18)14-7-8-14)20-19(22)17-6-3-11-24-17/h2-6,11-12,14,16,18H,7-10H2,1H3,(H,20,22)/t16-,18+/m0/s1. The molecule has 1 saturated carbocycles. The van der Waals surface area contributed by atoms with Gasteiger partial charge in [-0.15, -0.1) is 0 Å². The van der Waals surface area contributed by atoms with Gasteiger partial charge in [-0.2, -0.15) is 0 Å². The average Bonchev–Trinajstić information content (AvgIpc) is 3.14. The topological polar surface area (TPSA) is 54.7 Å². The van der Waals surface area contributed by atoms with Gasteiger partial charge < -0.3 is 14.5 Å². The first-order valence-corrected chi connectivity index (χ1v) is 8.50. The van der Waals surface area contributed by atoms with Crippen molar-refractivity contribution in [2.24, 2.45) is 0 Å². The van der Waals surface area contributed by atoms with Crippen LogP contribution in [0.15, 0.2) is 47.1 Å². The molecular weight excluding hydrogens is 304 g/mol. The Kier molecular flexibility index (Phi) is 4.02. The van der Waals surface area contributed by atoms with E-state index in [1.165, 1.54) is 24.7 Å². The number of benzene rings is 1. The van der Waals surface area contributed by atoms with Gasteiger partial charge in [0.05, 0.1) is 25.5 Å². The Labute approximate surface area is 141 Å². The van der Waals surface area contributed by atoms with Crippen molar-refractivity contribution >= 4 is 5.91 Å². The number of furan rings is 1. The predicted molar refractivity (Wildman–Crippen MR) is 90.0 cm³/mol. The summed E-state index contributed by atoms with van der Waals surface area (Å²) in [5.41, 5.74) is 1.20. The van der Waals surface area contributed by atoms with E-state index in [-0.39, 0.29) is 18.0 Å². The average molecular weight is 326 g/mol. The number of ether oxygens (including phenoxy) is 1. The van der Waals surface area contributed by atoms with Crippen LogP contribution in [0.4, 0.5) is 0 Å². The summed E-state index contributed by atoms with van der Waals surface area (Å²) in [4.78, 5) is 14.9. The Morgan fingerprint density at radius 1 is 1.25 bits per heavy atom. The fourth-order valence-electron chi connectivity index (χ4n) is 3.68. The number of nitrogens with one attached hydrogen (secondary N) is 1. The molecule has 1 aliphatic heterocycles. The second-order valence-electron chi connectivity index (χ2n) is 6.54. The first-order valence-electron chi connectivity index (χ1n) is 8.50. The maximum absolute atomic E-state index is 12.4. The smallest absolute Gasteiger partial charge is 0.287 e. The second kappa shape index (κ2) is 6.32. The maximum Gasteiger partial charge on any atom is 0.287 e. The van der Waals surface area contributed by atoms with Crippen molar-refractivity contribution in [1.82, 2.24) is 10.2 Å². The molecule has 2 aliphatic rings. The summed E-state index contributed by atoms with van der Waals surface area (Å²) in [6.07, 6.45) is 4.98. The van der Waals surface area contributed by atoms with E-state index in [9.17, 15) is 4.79 Å². The van der Waals surface area contributed by atoms with Gasteiger partial charge in [-0.25, -0.2) is 0 Å². The van der Waals surface area contributed by atoms with Crippen molar-refractivity contribution < 1.29 is 13.9 Å². The number of likely N-dealkylation sites (tertiary alicyclic amines) is 1. The minimum Gasteiger partial charge on any atom is -0.497 e. The number of methoxy groups -OCH3 is 1. The van der Waals surface area contributed by atoms with Crippen LogP contribution in [0.5, 0.6) is 5.75 Å². The highest BCUT2D eigenvalue weighted by atomic mass is 16.5. The van der Waals surface area contributed by atoms with Gasteiger partial charge in [-0.1, -0.05) is 12.1 Å². The molecule has 2 heterocycles. The summed E-state index contributed by atoms with van der Waals surface area (Å²) >= 11 is 0. The first kappa shape index (κ1) is 15.3. The number of rotatable bonds is 5. The van der Waals surface area contributed by atoms with E-state index < -0.39 is 0 Å². The minimum absolute atomic E-state index is 0.0790. The van der Waals surface area contributed by atoms with Crippen LogP contribution in [0.2, 0.25) is 0 Å². The number of nitrogens with zero attached hydrogens (tertiary/aromatic N) is 1. The van der Waals surface area contributed by atoms with Crippen LogP contribution in [-0.2, 0) is 0 Å². The van der Waals surface area contributed by atoms with Crippen LogP contribution in [0.25, 0.3) is 0 Å². The van der Waals surface area contributed by atoms with Crippen molar-refractivity contribution in [3.05, 3.63) is 54.0 Å². The van der Waals surface area contributed by atoms with Crippen molar-refractivity contribution in [1.29, 1.82) is 0 Å². The summed E-state index contributed by atoms with van der Waals surface area (Å²) in [5.74, 6) is 1.08. The van der Waals surface area contributed by atoms with Gasteiger partial charge >= 0.3 is 0 Å². The highest BCUT2D eigenvalue weighted by molar-refractivity contribution is 5.91. The van der Waals surface area contributed by atoms with Crippen LogP contribution in [0.1, 0.15) is 41.4 Å². The molecular formula is C19H22N2O3. The second-order valence-corrected chi connectivity index (χ2v) is 6.54. The molecule has 126 valence electrons. The van der Waals surface area contributed by atoms with Crippen LogP contribution in [0.3, 0.4) is 0 Å². The third-order valence-corrected chi connectivity index (χ3v) is 4.95. The molecule has 1 aromatic heterocycles. The molecule has 0 radical (unpaired) electrons. The molecule has 2 aromatic rings. The molecule has 1 saturated heterocycles. The molecule has 2 atom stereocenters. The zero-order valence-electron chi connectivity index (χ0n) is 13.8. The molecule has 0 spiro atoms. The fraction of sp³-hybridized carbons (Fsp3) is 0.421. The van der Waals surface area contributed by atoms with Gasteiger partial charge in [0.15, 0.2) is 5.76 Å². The number of carbonyl (C=O) groups excluding carboxylic acids is 1. The Bertz CT molecular complexity index is 709. The molecule has 5 heteroatoms. The van der Waals surface area contributed by atoms with Crippen molar-refractivity contribution in [3.63, 3.8) is 0 Å². The van der Waals surface area contributed by atoms with Crippen LogP contribution in [0, 0.1) is 0 Å². The van der Waals surface area contributed by atoms with Gasteiger partial charge in [-0.05, 0) is 49.1 Å². The third-order valence-electron chi connectivity index (χ3n) is 4.95. The van der Waals surface area contributed by atoms with Gasteiger partial charge in [0.25, 0.3) is 5.91 Å². The summed E-state index contributed by atoms with van der Waals surface area (Å²) in [7, 11) is 1.68. The molecule has 1 aromatic carbocycles. The third kappa shape index (κ3) is 2.91. The van der Waals surface area contributed by atoms with E-state index in [1.807, 2.05) is 12.1 Å². The fourth-order valence-corrected chi connectivity index (χ4v) is 3.68. The number of hydrogen-bond acceptors (Lipinski definition) is 4. The lowest BCUT2D eigenvalue weighted by Gasteiger charge is -2.29. The Hall–Kier alpha value is -2.27. The van der Waals surface area contributed by atoms with E-state index >= 15 is 0 Å². The lowest BCUT2D eigenvalue weighted by atomic mass is 9.99. The zero-order valence-corrected chi connectivity index (χ0v) is 13.8. The lowest BCUT2D eigenvalue weighted by Crippen LogP contribution is -2.40. The van der Waals surface area contributed by atoms with Crippen LogP contribution in [-0.4, -0.2) is 36.5 Å². The number of hydrogen-bond donors (Lipinski definition) is 1. The predicted octanol–water partition coefficient (Wildman–Crippen LogP) is 3.00. The molecule has 5 nitrogen and oxygen atoms in total. The zero-order chi connectivity index (χ0) is 16.5. The van der Waals surface area contributed by atoms with E-state index in [0.717, 1.165) is 18.7 Å². The van der Waals surface area contributed by atoms with Gasteiger partial charge in [-0.3, -0.25) is 9.69 Å². The van der Waals surface area contributed by atoms with Gasteiger partial charge in [0.2, 0.25) is 0 Å². The maximum atomic E-state index is 12.4. The molecule has 4 rings (SSSR count). The summed E-state index contributed by atoms with van der Waals surface area (Å²) in [5, 5.41) is 3.16. The number of carbonyl (C=O) groups is 1. The van der Waals surface area contributed by atoms with Crippen LogP contribution >= 0.6 is 0 Å². The molecule has 1 amide bonds. The minimum atomic E-state index is -0.143. The molecule has 0 bridgehead atoms. The van der Waals surface area contributed by atoms with Gasteiger partial charge in [0.1, 0.15) is 5.75 Å². The van der Waals surface area contributed by atoms with Crippen molar-refractivity contribution in [2.75, 3.05) is 13.7 Å².